The maximum Gasteiger partial charge on any atom is 0.0842 e. The normalized spacial score (nSPS) is 11.3. The minimum atomic E-state index is 0.733. The molecule has 0 bridgehead atoms. The number of hydrogen-bond acceptors (Lipinski definition) is 3. The van der Waals surface area contributed by atoms with Crippen molar-refractivity contribution in [3.63, 3.8) is 0 Å². The molecule has 1 N–H and O–H groups in total. The third kappa shape index (κ3) is 2.81. The van der Waals surface area contributed by atoms with Crippen molar-refractivity contribution in [1.82, 2.24) is 24.9 Å². The van der Waals surface area contributed by atoms with Crippen LogP contribution in [-0.2, 0) is 20.1 Å². The van der Waals surface area contributed by atoms with E-state index < -0.39 is 0 Å². The average molecular weight is 340 g/mol. The van der Waals surface area contributed by atoms with Crippen molar-refractivity contribution >= 4 is 15.9 Å². The first kappa shape index (κ1) is 15.3. The minimum absolute atomic E-state index is 0.733. The maximum atomic E-state index is 4.66. The third-order valence-corrected chi connectivity index (χ3v) is 4.68. The molecule has 2 aromatic rings. The SMILES string of the molecule is CCNCc1c(C)nn(Cc2c(Br)c(C)nn2C)c1C. The summed E-state index contributed by atoms with van der Waals surface area (Å²) in [7, 11) is 1.97. The van der Waals surface area contributed by atoms with E-state index in [-0.39, 0.29) is 0 Å². The predicted octanol–water partition coefficient (Wildman–Crippen LogP) is 2.46. The molecule has 5 nitrogen and oxygen atoms in total. The van der Waals surface area contributed by atoms with Gasteiger partial charge in [0.05, 0.1) is 28.1 Å². The van der Waals surface area contributed by atoms with Crippen molar-refractivity contribution in [2.24, 2.45) is 7.05 Å². The zero-order valence-electron chi connectivity index (χ0n) is 12.8. The Labute approximate surface area is 128 Å². The Kier molecular flexibility index (Phi) is 4.65. The molecule has 0 saturated heterocycles. The molecule has 0 fully saturated rings. The molecule has 0 amide bonds. The second-order valence-corrected chi connectivity index (χ2v) is 5.85. The molecule has 0 spiro atoms. The fourth-order valence-corrected chi connectivity index (χ4v) is 2.85. The number of aryl methyl sites for hydroxylation is 3. The van der Waals surface area contributed by atoms with Gasteiger partial charge in [0, 0.05) is 24.8 Å². The van der Waals surface area contributed by atoms with Crippen molar-refractivity contribution in [2.45, 2.75) is 40.8 Å². The monoisotopic (exact) mass is 339 g/mol. The summed E-state index contributed by atoms with van der Waals surface area (Å²) in [4.78, 5) is 0. The highest BCUT2D eigenvalue weighted by Gasteiger charge is 2.15. The molecule has 0 aromatic carbocycles. The second kappa shape index (κ2) is 6.10. The number of rotatable bonds is 5. The highest BCUT2D eigenvalue weighted by Crippen LogP contribution is 2.22. The van der Waals surface area contributed by atoms with Gasteiger partial charge in [-0.25, -0.2) is 0 Å². The molecule has 0 unspecified atom stereocenters. The predicted molar refractivity (Wildman–Crippen MR) is 83.8 cm³/mol. The lowest BCUT2D eigenvalue weighted by atomic mass is 10.2. The van der Waals surface area contributed by atoms with Crippen molar-refractivity contribution in [3.05, 3.63) is 32.8 Å². The van der Waals surface area contributed by atoms with Crippen LogP contribution in [-0.4, -0.2) is 26.1 Å². The molecule has 6 heteroatoms. The zero-order chi connectivity index (χ0) is 14.9. The lowest BCUT2D eigenvalue weighted by molar-refractivity contribution is 0.600. The molecule has 0 aliphatic rings. The highest BCUT2D eigenvalue weighted by molar-refractivity contribution is 9.10. The van der Waals surface area contributed by atoms with Crippen LogP contribution in [0.25, 0.3) is 0 Å². The summed E-state index contributed by atoms with van der Waals surface area (Å²) in [6.45, 7) is 10.9. The van der Waals surface area contributed by atoms with Crippen LogP contribution in [0.15, 0.2) is 4.47 Å². The number of halogens is 1. The van der Waals surface area contributed by atoms with Crippen molar-refractivity contribution in [2.75, 3.05) is 6.54 Å². The summed E-state index contributed by atoms with van der Waals surface area (Å²) in [6, 6.07) is 0. The maximum absolute atomic E-state index is 4.66. The van der Waals surface area contributed by atoms with Gasteiger partial charge < -0.3 is 5.32 Å². The average Bonchev–Trinajstić information content (AvgIpc) is 2.79. The van der Waals surface area contributed by atoms with Crippen molar-refractivity contribution in [1.29, 1.82) is 0 Å². The Bertz CT molecular complexity index is 612. The molecule has 0 radical (unpaired) electrons. The minimum Gasteiger partial charge on any atom is -0.313 e. The van der Waals surface area contributed by atoms with Crippen LogP contribution < -0.4 is 5.32 Å². The lowest BCUT2D eigenvalue weighted by Gasteiger charge is -2.07. The summed E-state index contributed by atoms with van der Waals surface area (Å²) in [5.41, 5.74) is 5.76. The molecule has 20 heavy (non-hydrogen) atoms. The van der Waals surface area contributed by atoms with E-state index in [1.807, 2.05) is 18.7 Å². The number of nitrogens with one attached hydrogen (secondary N) is 1. The van der Waals surface area contributed by atoms with Gasteiger partial charge in [-0.15, -0.1) is 0 Å². The van der Waals surface area contributed by atoms with E-state index in [2.05, 4.69) is 56.9 Å². The molecule has 0 aliphatic carbocycles. The van der Waals surface area contributed by atoms with E-state index in [1.165, 1.54) is 11.3 Å². The molecule has 0 aliphatic heterocycles. The van der Waals surface area contributed by atoms with E-state index in [9.17, 15) is 0 Å². The van der Waals surface area contributed by atoms with Crippen molar-refractivity contribution in [3.8, 4) is 0 Å². The van der Waals surface area contributed by atoms with E-state index in [4.69, 9.17) is 0 Å². The first-order valence-electron chi connectivity index (χ1n) is 6.87. The van der Waals surface area contributed by atoms with Crippen LogP contribution in [0.3, 0.4) is 0 Å². The first-order chi connectivity index (χ1) is 9.45. The van der Waals surface area contributed by atoms with E-state index in [1.54, 1.807) is 0 Å². The van der Waals surface area contributed by atoms with E-state index in [0.717, 1.165) is 41.2 Å². The standard InChI is InChI=1S/C14H22BrN5/c1-6-16-7-12-9(2)18-20(11(12)4)8-13-14(15)10(3)17-19(13)5/h16H,6-8H2,1-5H3. The molecule has 2 aromatic heterocycles. The molecule has 0 saturated carbocycles. The summed E-state index contributed by atoms with van der Waals surface area (Å²) in [5, 5.41) is 12.5. The number of hydrogen-bond donors (Lipinski definition) is 1. The molecular formula is C14H22BrN5. The van der Waals surface area contributed by atoms with Gasteiger partial charge in [-0.3, -0.25) is 9.36 Å². The van der Waals surface area contributed by atoms with Gasteiger partial charge in [-0.2, -0.15) is 10.2 Å². The Morgan fingerprint density at radius 2 is 1.85 bits per heavy atom. The molecule has 0 atom stereocenters. The Morgan fingerprint density at radius 3 is 2.40 bits per heavy atom. The van der Waals surface area contributed by atoms with Crippen LogP contribution in [0.2, 0.25) is 0 Å². The van der Waals surface area contributed by atoms with E-state index >= 15 is 0 Å². The van der Waals surface area contributed by atoms with Crippen LogP contribution >= 0.6 is 15.9 Å². The highest BCUT2D eigenvalue weighted by atomic mass is 79.9. The van der Waals surface area contributed by atoms with Crippen LogP contribution in [0.1, 0.15) is 35.3 Å². The first-order valence-corrected chi connectivity index (χ1v) is 7.66. The Morgan fingerprint density at radius 1 is 1.15 bits per heavy atom. The molecule has 2 heterocycles. The summed E-state index contributed by atoms with van der Waals surface area (Å²) < 4.78 is 5.05. The number of nitrogens with zero attached hydrogens (tertiary/aromatic N) is 4. The molecule has 110 valence electrons. The third-order valence-electron chi connectivity index (χ3n) is 3.64. The van der Waals surface area contributed by atoms with Gasteiger partial charge in [0.1, 0.15) is 0 Å². The molecular weight excluding hydrogens is 318 g/mol. The van der Waals surface area contributed by atoms with Gasteiger partial charge in [0.2, 0.25) is 0 Å². The van der Waals surface area contributed by atoms with Gasteiger partial charge in [0.25, 0.3) is 0 Å². The summed E-state index contributed by atoms with van der Waals surface area (Å²) >= 11 is 3.61. The Hall–Kier alpha value is -1.14. The van der Waals surface area contributed by atoms with Crippen molar-refractivity contribution < 1.29 is 0 Å². The van der Waals surface area contributed by atoms with E-state index in [0.29, 0.717) is 0 Å². The van der Waals surface area contributed by atoms with Gasteiger partial charge >= 0.3 is 0 Å². The molecule has 2 rings (SSSR count). The van der Waals surface area contributed by atoms with Gasteiger partial charge in [-0.1, -0.05) is 6.92 Å². The topological polar surface area (TPSA) is 47.7 Å². The zero-order valence-corrected chi connectivity index (χ0v) is 14.4. The number of aromatic nitrogens is 4. The second-order valence-electron chi connectivity index (χ2n) is 5.06. The smallest absolute Gasteiger partial charge is 0.0842 e. The summed E-state index contributed by atoms with van der Waals surface area (Å²) in [6.07, 6.45) is 0. The van der Waals surface area contributed by atoms with Crippen LogP contribution in [0.5, 0.6) is 0 Å². The van der Waals surface area contributed by atoms with Gasteiger partial charge in [0.15, 0.2) is 0 Å². The lowest BCUT2D eigenvalue weighted by Crippen LogP contribution is -2.13. The van der Waals surface area contributed by atoms with Gasteiger partial charge in [-0.05, 0) is 43.2 Å². The van der Waals surface area contributed by atoms with Crippen LogP contribution in [0.4, 0.5) is 0 Å². The fraction of sp³-hybridized carbons (Fsp3) is 0.571. The fourth-order valence-electron chi connectivity index (χ4n) is 2.39. The quantitative estimate of drug-likeness (QED) is 0.910. The summed E-state index contributed by atoms with van der Waals surface area (Å²) in [5.74, 6) is 0. The Balaban J connectivity index is 2.30. The van der Waals surface area contributed by atoms with Crippen LogP contribution in [0, 0.1) is 20.8 Å². The largest absolute Gasteiger partial charge is 0.313 e.